The number of nitrogens with zero attached hydrogens (tertiary/aromatic N) is 1. The standard InChI is InChI=1S/C30H36N2O3/c1-5-24(4)31-30(34)27(19-25-15-7-6-8-16-25)32(20-26-17-11-9-13-22(26)2)29(33)21-35-28-18-12-10-14-23(28)3/h6-18,24,27H,5,19-21H2,1-4H3,(H,31,34)/t24-,27-/m0/s1. The van der Waals surface area contributed by atoms with Crippen LogP contribution in [0.4, 0.5) is 0 Å². The van der Waals surface area contributed by atoms with Gasteiger partial charge in [-0.3, -0.25) is 9.59 Å². The summed E-state index contributed by atoms with van der Waals surface area (Å²) in [5.74, 6) is 0.290. The molecule has 3 rings (SSSR count). The van der Waals surface area contributed by atoms with Crippen LogP contribution in [-0.4, -0.2) is 35.4 Å². The van der Waals surface area contributed by atoms with E-state index in [2.05, 4.69) is 5.32 Å². The smallest absolute Gasteiger partial charge is 0.261 e. The number of aryl methyl sites for hydroxylation is 2. The molecule has 35 heavy (non-hydrogen) atoms. The Bertz CT molecular complexity index is 1110. The third-order valence-electron chi connectivity index (χ3n) is 6.32. The Kier molecular flexibility index (Phi) is 9.47. The number of nitrogens with one attached hydrogen (secondary N) is 1. The summed E-state index contributed by atoms with van der Waals surface area (Å²) in [7, 11) is 0. The van der Waals surface area contributed by atoms with Gasteiger partial charge < -0.3 is 15.0 Å². The van der Waals surface area contributed by atoms with Crippen molar-refractivity contribution in [1.82, 2.24) is 10.2 Å². The maximum absolute atomic E-state index is 13.7. The molecule has 0 saturated carbocycles. The van der Waals surface area contributed by atoms with Gasteiger partial charge in [0.15, 0.2) is 6.61 Å². The van der Waals surface area contributed by atoms with Gasteiger partial charge in [-0.1, -0.05) is 79.7 Å². The number of ether oxygens (including phenoxy) is 1. The molecule has 0 spiro atoms. The molecule has 1 N–H and O–H groups in total. The van der Waals surface area contributed by atoms with E-state index in [1.165, 1.54) is 0 Å². The molecule has 0 bridgehead atoms. The number of rotatable bonds is 11. The maximum atomic E-state index is 13.7. The van der Waals surface area contributed by atoms with Crippen LogP contribution in [0.5, 0.6) is 5.75 Å². The van der Waals surface area contributed by atoms with Crippen LogP contribution >= 0.6 is 0 Å². The summed E-state index contributed by atoms with van der Waals surface area (Å²) < 4.78 is 5.91. The number of carbonyl (C=O) groups is 2. The summed E-state index contributed by atoms with van der Waals surface area (Å²) in [5.41, 5.74) is 4.04. The van der Waals surface area contributed by atoms with Gasteiger partial charge in [-0.05, 0) is 55.5 Å². The van der Waals surface area contributed by atoms with E-state index in [0.717, 1.165) is 28.7 Å². The summed E-state index contributed by atoms with van der Waals surface area (Å²) in [6.07, 6.45) is 1.23. The van der Waals surface area contributed by atoms with Gasteiger partial charge in [0.05, 0.1) is 0 Å². The van der Waals surface area contributed by atoms with Gasteiger partial charge in [-0.2, -0.15) is 0 Å². The fraction of sp³-hybridized carbons (Fsp3) is 0.333. The number of carbonyl (C=O) groups excluding carboxylic acids is 2. The number of benzene rings is 3. The minimum atomic E-state index is -0.668. The van der Waals surface area contributed by atoms with Gasteiger partial charge >= 0.3 is 0 Å². The molecule has 3 aromatic rings. The lowest BCUT2D eigenvalue weighted by atomic mass is 10.0. The molecular weight excluding hydrogens is 436 g/mol. The summed E-state index contributed by atoms with van der Waals surface area (Å²) in [6.45, 7) is 8.17. The fourth-order valence-electron chi connectivity index (χ4n) is 3.91. The van der Waals surface area contributed by atoms with E-state index in [1.54, 1.807) is 4.90 Å². The largest absolute Gasteiger partial charge is 0.484 e. The molecule has 2 amide bonds. The van der Waals surface area contributed by atoms with Crippen LogP contribution in [0.1, 0.15) is 42.5 Å². The average molecular weight is 473 g/mol. The normalized spacial score (nSPS) is 12.5. The zero-order chi connectivity index (χ0) is 25.2. The predicted molar refractivity (Wildman–Crippen MR) is 140 cm³/mol. The number of para-hydroxylation sites is 1. The molecule has 0 heterocycles. The van der Waals surface area contributed by atoms with Crippen molar-refractivity contribution in [2.24, 2.45) is 0 Å². The second-order valence-electron chi connectivity index (χ2n) is 9.03. The van der Waals surface area contributed by atoms with Gasteiger partial charge in [0.25, 0.3) is 5.91 Å². The van der Waals surface area contributed by atoms with Crippen molar-refractivity contribution in [3.05, 3.63) is 101 Å². The van der Waals surface area contributed by atoms with Gasteiger partial charge in [0.2, 0.25) is 5.91 Å². The zero-order valence-corrected chi connectivity index (χ0v) is 21.2. The molecule has 0 fully saturated rings. The van der Waals surface area contributed by atoms with Gasteiger partial charge in [0, 0.05) is 19.0 Å². The first-order valence-corrected chi connectivity index (χ1v) is 12.3. The molecule has 3 aromatic carbocycles. The number of amides is 2. The van der Waals surface area contributed by atoms with Crippen LogP contribution in [0.2, 0.25) is 0 Å². The predicted octanol–water partition coefficient (Wildman–Crippen LogP) is 5.24. The van der Waals surface area contributed by atoms with Crippen molar-refractivity contribution in [1.29, 1.82) is 0 Å². The zero-order valence-electron chi connectivity index (χ0n) is 21.2. The Hall–Kier alpha value is -3.60. The van der Waals surface area contributed by atoms with Gasteiger partial charge in [0.1, 0.15) is 11.8 Å². The van der Waals surface area contributed by atoms with E-state index >= 15 is 0 Å². The minimum absolute atomic E-state index is 0.0133. The third-order valence-corrected chi connectivity index (χ3v) is 6.32. The molecule has 2 atom stereocenters. The second kappa shape index (κ2) is 12.7. The van der Waals surface area contributed by atoms with Crippen molar-refractivity contribution >= 4 is 11.8 Å². The second-order valence-corrected chi connectivity index (χ2v) is 9.03. The van der Waals surface area contributed by atoms with E-state index < -0.39 is 6.04 Å². The molecule has 5 heteroatoms. The maximum Gasteiger partial charge on any atom is 0.261 e. The molecule has 0 aliphatic carbocycles. The number of hydrogen-bond acceptors (Lipinski definition) is 3. The first-order chi connectivity index (χ1) is 16.9. The lowest BCUT2D eigenvalue weighted by Gasteiger charge is -2.32. The van der Waals surface area contributed by atoms with E-state index in [-0.39, 0.29) is 24.5 Å². The molecule has 0 unspecified atom stereocenters. The van der Waals surface area contributed by atoms with E-state index in [1.807, 2.05) is 107 Å². The third kappa shape index (κ3) is 7.44. The Balaban J connectivity index is 1.93. The van der Waals surface area contributed by atoms with Gasteiger partial charge in [-0.15, -0.1) is 0 Å². The first-order valence-electron chi connectivity index (χ1n) is 12.3. The molecule has 5 nitrogen and oxygen atoms in total. The van der Waals surface area contributed by atoms with Crippen LogP contribution in [0.3, 0.4) is 0 Å². The van der Waals surface area contributed by atoms with E-state index in [0.29, 0.717) is 18.7 Å². The molecule has 0 aliphatic heterocycles. The van der Waals surface area contributed by atoms with Crippen molar-refractivity contribution in [2.45, 2.75) is 59.2 Å². The topological polar surface area (TPSA) is 58.6 Å². The highest BCUT2D eigenvalue weighted by Crippen LogP contribution is 2.19. The van der Waals surface area contributed by atoms with Crippen molar-refractivity contribution in [3.63, 3.8) is 0 Å². The highest BCUT2D eigenvalue weighted by molar-refractivity contribution is 5.88. The molecular formula is C30H36N2O3. The molecule has 0 aromatic heterocycles. The SMILES string of the molecule is CC[C@H](C)NC(=O)[C@H](Cc1ccccc1)N(Cc1ccccc1C)C(=O)COc1ccccc1C. The summed E-state index contributed by atoms with van der Waals surface area (Å²) >= 11 is 0. The summed E-state index contributed by atoms with van der Waals surface area (Å²) in [5, 5.41) is 3.09. The Morgan fingerprint density at radius 2 is 1.51 bits per heavy atom. The summed E-state index contributed by atoms with van der Waals surface area (Å²) in [6, 6.07) is 24.8. The van der Waals surface area contributed by atoms with Crippen LogP contribution < -0.4 is 10.1 Å². The molecule has 0 saturated heterocycles. The van der Waals surface area contributed by atoms with E-state index in [4.69, 9.17) is 4.74 Å². The summed E-state index contributed by atoms with van der Waals surface area (Å²) in [4.78, 5) is 28.8. The Labute approximate surface area is 209 Å². The molecule has 184 valence electrons. The molecule has 0 aliphatic rings. The first kappa shape index (κ1) is 26.0. The fourth-order valence-corrected chi connectivity index (χ4v) is 3.91. The Morgan fingerprint density at radius 3 is 2.17 bits per heavy atom. The van der Waals surface area contributed by atoms with E-state index in [9.17, 15) is 9.59 Å². The van der Waals surface area contributed by atoms with Crippen LogP contribution in [-0.2, 0) is 22.6 Å². The highest BCUT2D eigenvalue weighted by Gasteiger charge is 2.31. The quantitative estimate of drug-likeness (QED) is 0.415. The van der Waals surface area contributed by atoms with Crippen molar-refractivity contribution in [3.8, 4) is 5.75 Å². The molecule has 0 radical (unpaired) electrons. The number of hydrogen-bond donors (Lipinski definition) is 1. The minimum Gasteiger partial charge on any atom is -0.484 e. The highest BCUT2D eigenvalue weighted by atomic mass is 16.5. The van der Waals surface area contributed by atoms with Gasteiger partial charge in [-0.25, -0.2) is 0 Å². The lowest BCUT2D eigenvalue weighted by Crippen LogP contribution is -2.53. The van der Waals surface area contributed by atoms with Crippen LogP contribution in [0.15, 0.2) is 78.9 Å². The van der Waals surface area contributed by atoms with Crippen molar-refractivity contribution in [2.75, 3.05) is 6.61 Å². The van der Waals surface area contributed by atoms with Crippen molar-refractivity contribution < 1.29 is 14.3 Å². The monoisotopic (exact) mass is 472 g/mol. The average Bonchev–Trinajstić information content (AvgIpc) is 2.87. The van der Waals surface area contributed by atoms with Crippen LogP contribution in [0, 0.1) is 13.8 Å². The lowest BCUT2D eigenvalue weighted by molar-refractivity contribution is -0.143. The Morgan fingerprint density at radius 1 is 0.886 bits per heavy atom. The van der Waals surface area contributed by atoms with Crippen LogP contribution in [0.25, 0.3) is 0 Å².